The predicted octanol–water partition coefficient (Wildman–Crippen LogP) is 3.76. The van der Waals surface area contributed by atoms with Crippen molar-refractivity contribution in [1.29, 1.82) is 0 Å². The van der Waals surface area contributed by atoms with Gasteiger partial charge in [-0.1, -0.05) is 42.0 Å². The highest BCUT2D eigenvalue weighted by molar-refractivity contribution is 5.57. The molecule has 0 aliphatic carbocycles. The molecule has 3 rings (SSSR count). The Bertz CT molecular complexity index is 633. The fourth-order valence-corrected chi connectivity index (χ4v) is 3.33. The number of benzene rings is 2. The number of rotatable bonds is 3. The fraction of sp³-hybridized carbons (Fsp3) is 0.368. The van der Waals surface area contributed by atoms with Crippen molar-refractivity contribution in [2.75, 3.05) is 18.0 Å². The Morgan fingerprint density at radius 1 is 1.14 bits per heavy atom. The summed E-state index contributed by atoms with van der Waals surface area (Å²) in [6, 6.07) is 15.3. The fourth-order valence-electron chi connectivity index (χ4n) is 3.33. The van der Waals surface area contributed by atoms with E-state index >= 15 is 0 Å². The molecule has 110 valence electrons. The maximum Gasteiger partial charge on any atom is 0.0475 e. The normalized spacial score (nSPS) is 15.7. The molecule has 0 aromatic heterocycles. The van der Waals surface area contributed by atoms with Crippen molar-refractivity contribution >= 4 is 5.69 Å². The summed E-state index contributed by atoms with van der Waals surface area (Å²) in [6.45, 7) is 6.30. The van der Waals surface area contributed by atoms with Crippen LogP contribution in [0.2, 0.25) is 0 Å². The Kier molecular flexibility index (Phi) is 3.98. The molecule has 1 atom stereocenters. The lowest BCUT2D eigenvalue weighted by Gasteiger charge is -2.34. The lowest BCUT2D eigenvalue weighted by molar-refractivity contribution is 0.623. The molecule has 1 heterocycles. The summed E-state index contributed by atoms with van der Waals surface area (Å²) in [5.74, 6) is 0. The van der Waals surface area contributed by atoms with Crippen LogP contribution >= 0.6 is 0 Å². The third kappa shape index (κ3) is 2.96. The van der Waals surface area contributed by atoms with E-state index in [1.54, 1.807) is 0 Å². The summed E-state index contributed by atoms with van der Waals surface area (Å²) < 4.78 is 0. The van der Waals surface area contributed by atoms with E-state index in [0.29, 0.717) is 0 Å². The van der Waals surface area contributed by atoms with Gasteiger partial charge >= 0.3 is 0 Å². The topological polar surface area (TPSA) is 29.3 Å². The van der Waals surface area contributed by atoms with Gasteiger partial charge in [0.05, 0.1) is 0 Å². The maximum absolute atomic E-state index is 6.47. The van der Waals surface area contributed by atoms with E-state index in [9.17, 15) is 0 Å². The van der Waals surface area contributed by atoms with Crippen LogP contribution in [0.25, 0.3) is 0 Å². The number of fused-ring (bicyclic) bond motifs is 1. The van der Waals surface area contributed by atoms with Crippen molar-refractivity contribution in [3.05, 3.63) is 64.7 Å². The quantitative estimate of drug-likeness (QED) is 0.927. The van der Waals surface area contributed by atoms with Gasteiger partial charge in [-0.3, -0.25) is 0 Å². The lowest BCUT2D eigenvalue weighted by atomic mass is 9.97. The van der Waals surface area contributed by atoms with Gasteiger partial charge in [0.2, 0.25) is 0 Å². The molecule has 0 amide bonds. The molecule has 1 unspecified atom stereocenters. The van der Waals surface area contributed by atoms with Gasteiger partial charge in [0.25, 0.3) is 0 Å². The average Bonchev–Trinajstić information content (AvgIpc) is 2.47. The SMILES string of the molecule is Cc1ccc2c(c1)CCCN2CC(N)c1ccccc1C. The van der Waals surface area contributed by atoms with Crippen LogP contribution in [-0.2, 0) is 6.42 Å². The summed E-state index contributed by atoms with van der Waals surface area (Å²) in [5.41, 5.74) is 13.2. The molecule has 0 spiro atoms. The van der Waals surface area contributed by atoms with Crippen LogP contribution < -0.4 is 10.6 Å². The van der Waals surface area contributed by atoms with Gasteiger partial charge in [-0.2, -0.15) is 0 Å². The molecule has 21 heavy (non-hydrogen) atoms. The number of nitrogens with two attached hydrogens (primary N) is 1. The van der Waals surface area contributed by atoms with Crippen molar-refractivity contribution in [2.45, 2.75) is 32.7 Å². The molecule has 0 saturated heterocycles. The highest BCUT2D eigenvalue weighted by Gasteiger charge is 2.20. The van der Waals surface area contributed by atoms with Crippen molar-refractivity contribution in [3.63, 3.8) is 0 Å². The molecule has 0 bridgehead atoms. The van der Waals surface area contributed by atoms with E-state index < -0.39 is 0 Å². The molecule has 2 N–H and O–H groups in total. The molecule has 1 aliphatic rings. The van der Waals surface area contributed by atoms with E-state index in [1.165, 1.54) is 40.8 Å². The van der Waals surface area contributed by atoms with Crippen molar-refractivity contribution in [3.8, 4) is 0 Å². The summed E-state index contributed by atoms with van der Waals surface area (Å²) in [5, 5.41) is 0. The van der Waals surface area contributed by atoms with Gasteiger partial charge in [0.15, 0.2) is 0 Å². The van der Waals surface area contributed by atoms with Gasteiger partial charge < -0.3 is 10.6 Å². The molecule has 2 heteroatoms. The third-order valence-corrected chi connectivity index (χ3v) is 4.45. The van der Waals surface area contributed by atoms with Crippen LogP contribution in [-0.4, -0.2) is 13.1 Å². The smallest absolute Gasteiger partial charge is 0.0475 e. The molecule has 0 saturated carbocycles. The molecule has 2 aromatic rings. The van der Waals surface area contributed by atoms with Crippen LogP contribution in [0.1, 0.15) is 34.7 Å². The molecule has 2 nitrogen and oxygen atoms in total. The molecular weight excluding hydrogens is 256 g/mol. The number of aryl methyl sites for hydroxylation is 3. The van der Waals surface area contributed by atoms with Crippen molar-refractivity contribution < 1.29 is 0 Å². The Balaban J connectivity index is 1.82. The van der Waals surface area contributed by atoms with E-state index in [0.717, 1.165) is 13.1 Å². The van der Waals surface area contributed by atoms with E-state index in [-0.39, 0.29) is 6.04 Å². The monoisotopic (exact) mass is 280 g/mol. The van der Waals surface area contributed by atoms with Gasteiger partial charge in [0, 0.05) is 24.8 Å². The number of hydrogen-bond donors (Lipinski definition) is 1. The zero-order valence-corrected chi connectivity index (χ0v) is 13.0. The second kappa shape index (κ2) is 5.90. The van der Waals surface area contributed by atoms with Crippen molar-refractivity contribution in [2.24, 2.45) is 5.73 Å². The first kappa shape index (κ1) is 14.2. The van der Waals surface area contributed by atoms with Gasteiger partial charge in [-0.15, -0.1) is 0 Å². The first-order valence-electron chi connectivity index (χ1n) is 7.81. The maximum atomic E-state index is 6.47. The number of anilines is 1. The molecule has 2 aromatic carbocycles. The van der Waals surface area contributed by atoms with E-state index in [4.69, 9.17) is 5.73 Å². The molecular formula is C19H24N2. The van der Waals surface area contributed by atoms with Gasteiger partial charge in [0.1, 0.15) is 0 Å². The Morgan fingerprint density at radius 2 is 1.95 bits per heavy atom. The first-order valence-corrected chi connectivity index (χ1v) is 7.81. The van der Waals surface area contributed by atoms with Gasteiger partial charge in [-0.25, -0.2) is 0 Å². The Hall–Kier alpha value is -1.80. The summed E-state index contributed by atoms with van der Waals surface area (Å²) in [6.07, 6.45) is 2.41. The average molecular weight is 280 g/mol. The molecule has 1 aliphatic heterocycles. The highest BCUT2D eigenvalue weighted by atomic mass is 15.1. The Labute approximate surface area is 127 Å². The minimum atomic E-state index is 0.0680. The molecule has 0 fully saturated rings. The van der Waals surface area contributed by atoms with Crippen LogP contribution in [0.5, 0.6) is 0 Å². The second-order valence-electron chi connectivity index (χ2n) is 6.14. The van der Waals surface area contributed by atoms with Crippen molar-refractivity contribution in [1.82, 2.24) is 0 Å². The zero-order chi connectivity index (χ0) is 14.8. The first-order chi connectivity index (χ1) is 10.1. The third-order valence-electron chi connectivity index (χ3n) is 4.45. The largest absolute Gasteiger partial charge is 0.369 e. The van der Waals surface area contributed by atoms with Crippen LogP contribution in [0.15, 0.2) is 42.5 Å². The summed E-state index contributed by atoms with van der Waals surface area (Å²) >= 11 is 0. The zero-order valence-electron chi connectivity index (χ0n) is 13.0. The van der Waals surface area contributed by atoms with E-state index in [1.807, 2.05) is 0 Å². The standard InChI is InChI=1S/C19H24N2/c1-14-9-10-19-16(12-14)7-5-11-21(19)13-18(20)17-8-4-3-6-15(17)2/h3-4,6,8-10,12,18H,5,7,11,13,20H2,1-2H3. The van der Waals surface area contributed by atoms with Crippen LogP contribution in [0.4, 0.5) is 5.69 Å². The second-order valence-corrected chi connectivity index (χ2v) is 6.14. The van der Waals surface area contributed by atoms with Gasteiger partial charge in [-0.05, 0) is 49.4 Å². The Morgan fingerprint density at radius 3 is 2.76 bits per heavy atom. The summed E-state index contributed by atoms with van der Waals surface area (Å²) in [4.78, 5) is 2.45. The predicted molar refractivity (Wildman–Crippen MR) is 89.8 cm³/mol. The molecule has 0 radical (unpaired) electrons. The minimum Gasteiger partial charge on any atom is -0.369 e. The summed E-state index contributed by atoms with van der Waals surface area (Å²) in [7, 11) is 0. The van der Waals surface area contributed by atoms with Crippen LogP contribution in [0, 0.1) is 13.8 Å². The number of hydrogen-bond acceptors (Lipinski definition) is 2. The highest BCUT2D eigenvalue weighted by Crippen LogP contribution is 2.29. The number of nitrogens with zero attached hydrogens (tertiary/aromatic N) is 1. The van der Waals surface area contributed by atoms with Crippen LogP contribution in [0.3, 0.4) is 0 Å². The van der Waals surface area contributed by atoms with E-state index in [2.05, 4.69) is 61.2 Å². The lowest BCUT2D eigenvalue weighted by Crippen LogP contribution is -2.36. The minimum absolute atomic E-state index is 0.0680.